The quantitative estimate of drug-likeness (QED) is 0.547. The van der Waals surface area contributed by atoms with Crippen molar-refractivity contribution in [3.05, 3.63) is 54.1 Å². The van der Waals surface area contributed by atoms with Crippen molar-refractivity contribution in [3.63, 3.8) is 0 Å². The number of pyridine rings is 1. The molecule has 0 spiro atoms. The van der Waals surface area contributed by atoms with E-state index in [9.17, 15) is 5.26 Å². The van der Waals surface area contributed by atoms with E-state index >= 15 is 0 Å². The molecule has 8 heteroatoms. The highest BCUT2D eigenvalue weighted by molar-refractivity contribution is 5.85. The Labute approximate surface area is 161 Å². The van der Waals surface area contributed by atoms with Gasteiger partial charge in [-0.15, -0.1) is 0 Å². The summed E-state index contributed by atoms with van der Waals surface area (Å²) in [5, 5.41) is 13.9. The summed E-state index contributed by atoms with van der Waals surface area (Å²) < 4.78 is 9.84. The van der Waals surface area contributed by atoms with Crippen molar-refractivity contribution in [2.75, 3.05) is 24.6 Å². The molecule has 1 aromatic carbocycles. The lowest BCUT2D eigenvalue weighted by Crippen LogP contribution is -2.45. The first-order valence-corrected chi connectivity index (χ1v) is 9.24. The van der Waals surface area contributed by atoms with E-state index in [2.05, 4.69) is 31.5 Å². The molecular formula is C20H19N7O. The first-order valence-electron chi connectivity index (χ1n) is 9.24. The molecule has 1 atom stereocenters. The van der Waals surface area contributed by atoms with Crippen LogP contribution in [0.4, 0.5) is 5.82 Å². The van der Waals surface area contributed by atoms with Crippen LogP contribution in [0.3, 0.4) is 0 Å². The monoisotopic (exact) mass is 373 g/mol. The Morgan fingerprint density at radius 1 is 1.32 bits per heavy atom. The second-order valence-corrected chi connectivity index (χ2v) is 6.99. The Balaban J connectivity index is 1.61. The van der Waals surface area contributed by atoms with E-state index in [0.717, 1.165) is 35.5 Å². The van der Waals surface area contributed by atoms with Gasteiger partial charge >= 0.3 is 0 Å². The van der Waals surface area contributed by atoms with Crippen molar-refractivity contribution in [2.24, 2.45) is 0 Å². The van der Waals surface area contributed by atoms with Gasteiger partial charge in [-0.25, -0.2) is 9.97 Å². The van der Waals surface area contributed by atoms with Gasteiger partial charge in [-0.1, -0.05) is 12.1 Å². The Kier molecular flexibility index (Phi) is 3.95. The van der Waals surface area contributed by atoms with E-state index < -0.39 is 0 Å². The Morgan fingerprint density at radius 3 is 3.04 bits per heavy atom. The summed E-state index contributed by atoms with van der Waals surface area (Å²) in [6, 6.07) is 12.4. The number of morpholine rings is 1. The number of imidazole rings is 1. The van der Waals surface area contributed by atoms with Crippen LogP contribution >= 0.6 is 0 Å². The molecule has 4 aromatic rings. The molecule has 28 heavy (non-hydrogen) atoms. The molecule has 5 rings (SSSR count). The van der Waals surface area contributed by atoms with Gasteiger partial charge in [-0.2, -0.15) is 10.4 Å². The van der Waals surface area contributed by atoms with E-state index in [1.165, 1.54) is 6.33 Å². The third-order valence-electron chi connectivity index (χ3n) is 5.19. The zero-order chi connectivity index (χ0) is 19.1. The highest BCUT2D eigenvalue weighted by Gasteiger charge is 2.25. The summed E-state index contributed by atoms with van der Waals surface area (Å²) in [6.45, 7) is 4.76. The van der Waals surface area contributed by atoms with Crippen molar-refractivity contribution in [1.82, 2.24) is 24.1 Å². The molecule has 0 bridgehead atoms. The molecule has 8 nitrogen and oxygen atoms in total. The number of aryl methyl sites for hydroxylation is 1. The summed E-state index contributed by atoms with van der Waals surface area (Å²) in [5.41, 5.74) is 4.15. The maximum absolute atomic E-state index is 9.68. The lowest BCUT2D eigenvalue weighted by Gasteiger charge is -2.35. The molecule has 0 N–H and O–H groups in total. The molecule has 1 saturated heterocycles. The van der Waals surface area contributed by atoms with Gasteiger partial charge in [0.15, 0.2) is 5.65 Å². The summed E-state index contributed by atoms with van der Waals surface area (Å²) >= 11 is 0. The molecular weight excluding hydrogens is 354 g/mol. The predicted octanol–water partition coefficient (Wildman–Crippen LogP) is 2.16. The fraction of sp³-hybridized carbons (Fsp3) is 0.300. The molecule has 140 valence electrons. The van der Waals surface area contributed by atoms with Crippen molar-refractivity contribution in [1.29, 1.82) is 5.26 Å². The van der Waals surface area contributed by atoms with Crippen LogP contribution in [0.2, 0.25) is 0 Å². The Bertz CT molecular complexity index is 1190. The van der Waals surface area contributed by atoms with Gasteiger partial charge in [-0.3, -0.25) is 9.08 Å². The van der Waals surface area contributed by atoms with E-state index in [1.54, 1.807) is 11.0 Å². The van der Waals surface area contributed by atoms with E-state index in [1.807, 2.05) is 31.2 Å². The summed E-state index contributed by atoms with van der Waals surface area (Å²) in [5.74, 6) is 1.03. The number of anilines is 1. The van der Waals surface area contributed by atoms with Gasteiger partial charge in [-0.05, 0) is 30.7 Å². The Morgan fingerprint density at radius 2 is 2.21 bits per heavy atom. The summed E-state index contributed by atoms with van der Waals surface area (Å²) in [4.78, 5) is 11.1. The zero-order valence-electron chi connectivity index (χ0n) is 15.5. The second-order valence-electron chi connectivity index (χ2n) is 6.99. The minimum absolute atomic E-state index is 0.0104. The number of nitrogens with zero attached hydrogens (tertiary/aromatic N) is 7. The van der Waals surface area contributed by atoms with Crippen molar-refractivity contribution in [2.45, 2.75) is 19.6 Å². The van der Waals surface area contributed by atoms with Crippen LogP contribution in [0.25, 0.3) is 16.7 Å². The topological polar surface area (TPSA) is 84.3 Å². The van der Waals surface area contributed by atoms with Crippen molar-refractivity contribution >= 4 is 22.5 Å². The number of nitriles is 1. The zero-order valence-corrected chi connectivity index (χ0v) is 15.5. The SMILES string of the molecule is Cc1cc(N2CCOC(Cn3cncn3)C2)n2c(nc3ccccc32)c1C#N. The number of ether oxygens (including phenoxy) is 1. The third-order valence-corrected chi connectivity index (χ3v) is 5.19. The molecule has 0 radical (unpaired) electrons. The maximum atomic E-state index is 9.68. The summed E-state index contributed by atoms with van der Waals surface area (Å²) in [7, 11) is 0. The van der Waals surface area contributed by atoms with Crippen LogP contribution in [-0.2, 0) is 11.3 Å². The number of aromatic nitrogens is 5. The van der Waals surface area contributed by atoms with Crippen molar-refractivity contribution in [3.8, 4) is 6.07 Å². The van der Waals surface area contributed by atoms with Gasteiger partial charge < -0.3 is 9.64 Å². The maximum Gasteiger partial charge on any atom is 0.157 e. The second kappa shape index (κ2) is 6.62. The number of benzene rings is 1. The number of rotatable bonds is 3. The van der Waals surface area contributed by atoms with E-state index in [-0.39, 0.29) is 6.10 Å². The average Bonchev–Trinajstić information content (AvgIpc) is 3.35. The normalized spacial score (nSPS) is 17.3. The molecule has 4 heterocycles. The highest BCUT2D eigenvalue weighted by Crippen LogP contribution is 2.29. The lowest BCUT2D eigenvalue weighted by molar-refractivity contribution is 0.0270. The number of hydrogen-bond acceptors (Lipinski definition) is 6. The largest absolute Gasteiger partial charge is 0.373 e. The van der Waals surface area contributed by atoms with Crippen LogP contribution in [0, 0.1) is 18.3 Å². The molecule has 1 unspecified atom stereocenters. The standard InChI is InChI=1S/C20H19N7O/c1-14-8-19(25-6-7-28-15(10-25)11-26-13-22-12-23-26)27-18-5-3-2-4-17(18)24-20(27)16(14)9-21/h2-5,8,12-13,15H,6-7,10-11H2,1H3. The van der Waals surface area contributed by atoms with Crippen molar-refractivity contribution < 1.29 is 4.74 Å². The molecule has 0 amide bonds. The average molecular weight is 373 g/mol. The van der Waals surface area contributed by atoms with E-state index in [4.69, 9.17) is 9.72 Å². The van der Waals surface area contributed by atoms with Gasteiger partial charge in [0.25, 0.3) is 0 Å². The molecule has 1 fully saturated rings. The first kappa shape index (κ1) is 16.7. The van der Waals surface area contributed by atoms with Crippen LogP contribution in [0.5, 0.6) is 0 Å². The molecule has 1 aliphatic heterocycles. The lowest BCUT2D eigenvalue weighted by atomic mass is 10.1. The van der Waals surface area contributed by atoms with Crippen LogP contribution < -0.4 is 4.90 Å². The fourth-order valence-corrected chi connectivity index (χ4v) is 3.88. The minimum atomic E-state index is 0.0104. The first-order chi connectivity index (χ1) is 13.7. The highest BCUT2D eigenvalue weighted by atomic mass is 16.5. The summed E-state index contributed by atoms with van der Waals surface area (Å²) in [6.07, 6.45) is 3.25. The fourth-order valence-electron chi connectivity index (χ4n) is 3.88. The van der Waals surface area contributed by atoms with Crippen LogP contribution in [-0.4, -0.2) is 49.9 Å². The Hall–Kier alpha value is -3.44. The van der Waals surface area contributed by atoms with Crippen LogP contribution in [0.1, 0.15) is 11.1 Å². The van der Waals surface area contributed by atoms with Gasteiger partial charge in [0.1, 0.15) is 24.5 Å². The van der Waals surface area contributed by atoms with E-state index in [0.29, 0.717) is 24.4 Å². The third kappa shape index (κ3) is 2.68. The minimum Gasteiger partial charge on any atom is -0.373 e. The van der Waals surface area contributed by atoms with Gasteiger partial charge in [0.05, 0.1) is 35.9 Å². The smallest absolute Gasteiger partial charge is 0.157 e. The molecule has 0 aliphatic carbocycles. The number of para-hydroxylation sites is 2. The van der Waals surface area contributed by atoms with Gasteiger partial charge in [0, 0.05) is 13.1 Å². The molecule has 0 saturated carbocycles. The number of fused-ring (bicyclic) bond motifs is 3. The molecule has 1 aliphatic rings. The number of hydrogen-bond donors (Lipinski definition) is 0. The van der Waals surface area contributed by atoms with Gasteiger partial charge in [0.2, 0.25) is 0 Å². The molecule has 3 aromatic heterocycles. The predicted molar refractivity (Wildman–Crippen MR) is 104 cm³/mol. The van der Waals surface area contributed by atoms with Crippen LogP contribution in [0.15, 0.2) is 43.0 Å².